The number of rotatable bonds is 4. The highest BCUT2D eigenvalue weighted by Crippen LogP contribution is 2.34. The molecule has 2 aromatic carbocycles. The predicted molar refractivity (Wildman–Crippen MR) is 91.7 cm³/mol. The van der Waals surface area contributed by atoms with Crippen molar-refractivity contribution < 1.29 is 23.5 Å². The summed E-state index contributed by atoms with van der Waals surface area (Å²) in [6, 6.07) is 9.69. The van der Waals surface area contributed by atoms with Crippen LogP contribution in [0.25, 0.3) is 11.1 Å². The van der Waals surface area contributed by atoms with Crippen molar-refractivity contribution in [2.45, 2.75) is 13.5 Å². The van der Waals surface area contributed by atoms with Gasteiger partial charge in [-0.3, -0.25) is 14.2 Å². The predicted octanol–water partition coefficient (Wildman–Crippen LogP) is 2.16. The third-order valence-electron chi connectivity index (χ3n) is 4.03. The fourth-order valence-corrected chi connectivity index (χ4v) is 2.75. The molecule has 0 radical (unpaired) electrons. The van der Waals surface area contributed by atoms with E-state index >= 15 is 0 Å². The molecule has 1 N–H and O–H groups in total. The molecule has 0 spiro atoms. The highest BCUT2D eigenvalue weighted by atomic mass is 16.7. The van der Waals surface area contributed by atoms with Crippen molar-refractivity contribution in [3.05, 3.63) is 52.5 Å². The van der Waals surface area contributed by atoms with Crippen LogP contribution in [0.4, 0.5) is 5.69 Å². The molecule has 2 heterocycles. The number of nitrogens with zero attached hydrogens (tertiary/aromatic N) is 1. The first kappa shape index (κ1) is 15.9. The molecule has 0 atom stereocenters. The van der Waals surface area contributed by atoms with E-state index in [0.29, 0.717) is 28.3 Å². The Morgan fingerprint density at radius 2 is 1.92 bits per heavy atom. The lowest BCUT2D eigenvalue weighted by Gasteiger charge is -2.06. The average Bonchev–Trinajstić information content (AvgIpc) is 3.18. The second kappa shape index (κ2) is 6.07. The summed E-state index contributed by atoms with van der Waals surface area (Å²) in [6.45, 7) is 1.35. The summed E-state index contributed by atoms with van der Waals surface area (Å²) < 4.78 is 16.8. The summed E-state index contributed by atoms with van der Waals surface area (Å²) in [7, 11) is 0. The number of carbonyl (C=O) groups excluding carboxylic acids is 2. The normalized spacial score (nSPS) is 12.3. The molecule has 0 bridgehead atoms. The summed E-state index contributed by atoms with van der Waals surface area (Å²) in [6.07, 6.45) is 0. The standard InChI is InChI=1S/C18H14N2O6/c1-10(21)11-2-4-13-15(6-11)26-18(23)20(13)8-17(22)19-12-3-5-14-16(7-12)25-9-24-14/h2-7H,8-9H2,1H3,(H,19,22). The summed E-state index contributed by atoms with van der Waals surface area (Å²) in [5.41, 5.74) is 1.67. The van der Waals surface area contributed by atoms with Crippen LogP contribution >= 0.6 is 0 Å². The molecule has 0 unspecified atom stereocenters. The molecular weight excluding hydrogens is 340 g/mol. The Morgan fingerprint density at radius 3 is 2.73 bits per heavy atom. The van der Waals surface area contributed by atoms with Crippen molar-refractivity contribution in [1.82, 2.24) is 4.57 Å². The van der Waals surface area contributed by atoms with E-state index in [-0.39, 0.29) is 24.7 Å². The molecule has 8 nitrogen and oxygen atoms in total. The Bertz CT molecular complexity index is 1090. The van der Waals surface area contributed by atoms with Crippen molar-refractivity contribution in [1.29, 1.82) is 0 Å². The van der Waals surface area contributed by atoms with Crippen LogP contribution < -0.4 is 20.5 Å². The Labute approximate surface area is 146 Å². The number of fused-ring (bicyclic) bond motifs is 2. The van der Waals surface area contributed by atoms with Crippen molar-refractivity contribution in [3.8, 4) is 11.5 Å². The fraction of sp³-hybridized carbons (Fsp3) is 0.167. The molecule has 4 rings (SSSR count). The van der Waals surface area contributed by atoms with Gasteiger partial charge in [0.05, 0.1) is 5.52 Å². The van der Waals surface area contributed by atoms with Gasteiger partial charge in [0.25, 0.3) is 0 Å². The van der Waals surface area contributed by atoms with E-state index in [4.69, 9.17) is 13.9 Å². The second-order valence-corrected chi connectivity index (χ2v) is 5.81. The molecule has 1 amide bonds. The smallest absolute Gasteiger partial charge is 0.420 e. The average molecular weight is 354 g/mol. The summed E-state index contributed by atoms with van der Waals surface area (Å²) in [4.78, 5) is 35.8. The summed E-state index contributed by atoms with van der Waals surface area (Å²) in [5, 5.41) is 2.70. The van der Waals surface area contributed by atoms with Gasteiger partial charge in [0.1, 0.15) is 6.54 Å². The number of nitrogens with one attached hydrogen (secondary N) is 1. The molecule has 132 valence electrons. The van der Waals surface area contributed by atoms with Gasteiger partial charge in [-0.15, -0.1) is 0 Å². The van der Waals surface area contributed by atoms with Crippen LogP contribution in [-0.4, -0.2) is 23.1 Å². The monoisotopic (exact) mass is 354 g/mol. The molecule has 0 saturated carbocycles. The van der Waals surface area contributed by atoms with Gasteiger partial charge in [-0.1, -0.05) is 0 Å². The number of Topliss-reactive ketones (excluding diaryl/α,β-unsaturated/α-hetero) is 1. The van der Waals surface area contributed by atoms with Crippen LogP contribution in [0.1, 0.15) is 17.3 Å². The Balaban J connectivity index is 1.57. The molecule has 0 saturated heterocycles. The number of benzene rings is 2. The SMILES string of the molecule is CC(=O)c1ccc2c(c1)oc(=O)n2CC(=O)Nc1ccc2c(c1)OCO2. The van der Waals surface area contributed by atoms with Gasteiger partial charge in [-0.05, 0) is 37.3 Å². The number of carbonyl (C=O) groups is 2. The van der Waals surface area contributed by atoms with Gasteiger partial charge in [0, 0.05) is 17.3 Å². The van der Waals surface area contributed by atoms with Crippen molar-refractivity contribution in [3.63, 3.8) is 0 Å². The maximum Gasteiger partial charge on any atom is 0.420 e. The molecule has 0 fully saturated rings. The maximum absolute atomic E-state index is 12.3. The third kappa shape index (κ3) is 2.81. The molecule has 26 heavy (non-hydrogen) atoms. The third-order valence-corrected chi connectivity index (χ3v) is 4.03. The lowest BCUT2D eigenvalue weighted by atomic mass is 10.1. The Hall–Kier alpha value is -3.55. The van der Waals surface area contributed by atoms with Crippen LogP contribution in [0.2, 0.25) is 0 Å². The molecule has 1 aliphatic heterocycles. The van der Waals surface area contributed by atoms with Crippen molar-refractivity contribution in [2.24, 2.45) is 0 Å². The zero-order chi connectivity index (χ0) is 18.3. The van der Waals surface area contributed by atoms with E-state index in [1.807, 2.05) is 0 Å². The van der Waals surface area contributed by atoms with Crippen LogP contribution in [-0.2, 0) is 11.3 Å². The largest absolute Gasteiger partial charge is 0.454 e. The number of anilines is 1. The number of aromatic nitrogens is 1. The van der Waals surface area contributed by atoms with E-state index in [1.165, 1.54) is 17.6 Å². The lowest BCUT2D eigenvalue weighted by Crippen LogP contribution is -2.24. The first-order valence-electron chi connectivity index (χ1n) is 7.85. The zero-order valence-electron chi connectivity index (χ0n) is 13.8. The van der Waals surface area contributed by atoms with Gasteiger partial charge in [-0.2, -0.15) is 0 Å². The van der Waals surface area contributed by atoms with Gasteiger partial charge < -0.3 is 19.2 Å². The molecule has 1 aromatic heterocycles. The maximum atomic E-state index is 12.3. The topological polar surface area (TPSA) is 99.8 Å². The minimum absolute atomic E-state index is 0.136. The summed E-state index contributed by atoms with van der Waals surface area (Å²) >= 11 is 0. The molecule has 8 heteroatoms. The molecule has 3 aromatic rings. The number of amides is 1. The van der Waals surface area contributed by atoms with E-state index in [2.05, 4.69) is 5.32 Å². The van der Waals surface area contributed by atoms with Gasteiger partial charge >= 0.3 is 5.76 Å². The zero-order valence-corrected chi connectivity index (χ0v) is 13.8. The molecule has 0 aliphatic carbocycles. The second-order valence-electron chi connectivity index (χ2n) is 5.81. The number of ketones is 1. The minimum Gasteiger partial charge on any atom is -0.454 e. The molecule has 1 aliphatic rings. The first-order chi connectivity index (χ1) is 12.5. The summed E-state index contributed by atoms with van der Waals surface area (Å²) in [5.74, 6) is -0.0412. The van der Waals surface area contributed by atoms with E-state index < -0.39 is 11.7 Å². The number of hydrogen-bond acceptors (Lipinski definition) is 6. The van der Waals surface area contributed by atoms with Crippen LogP contribution in [0.15, 0.2) is 45.6 Å². The highest BCUT2D eigenvalue weighted by Gasteiger charge is 2.16. The molecular formula is C18H14N2O6. The lowest BCUT2D eigenvalue weighted by molar-refractivity contribution is -0.116. The number of hydrogen-bond donors (Lipinski definition) is 1. The van der Waals surface area contributed by atoms with E-state index in [1.54, 1.807) is 30.3 Å². The first-order valence-corrected chi connectivity index (χ1v) is 7.85. The van der Waals surface area contributed by atoms with Crippen LogP contribution in [0, 0.1) is 0 Å². The highest BCUT2D eigenvalue weighted by molar-refractivity contribution is 5.97. The van der Waals surface area contributed by atoms with Crippen molar-refractivity contribution >= 4 is 28.5 Å². The Morgan fingerprint density at radius 1 is 1.12 bits per heavy atom. The van der Waals surface area contributed by atoms with Gasteiger partial charge in [0.15, 0.2) is 22.9 Å². The quantitative estimate of drug-likeness (QED) is 0.721. The van der Waals surface area contributed by atoms with Gasteiger partial charge in [0.2, 0.25) is 12.7 Å². The van der Waals surface area contributed by atoms with E-state index in [0.717, 1.165) is 0 Å². The number of oxazole rings is 1. The minimum atomic E-state index is -0.665. The Kier molecular flexibility index (Phi) is 3.72. The van der Waals surface area contributed by atoms with Crippen LogP contribution in [0.3, 0.4) is 0 Å². The van der Waals surface area contributed by atoms with Crippen molar-refractivity contribution in [2.75, 3.05) is 12.1 Å². The number of ether oxygens (including phenoxy) is 2. The van der Waals surface area contributed by atoms with E-state index in [9.17, 15) is 14.4 Å². The van der Waals surface area contributed by atoms with Gasteiger partial charge in [-0.25, -0.2) is 4.79 Å². The van der Waals surface area contributed by atoms with Crippen LogP contribution in [0.5, 0.6) is 11.5 Å². The fourth-order valence-electron chi connectivity index (χ4n) is 2.75.